The van der Waals surface area contributed by atoms with Gasteiger partial charge in [0.25, 0.3) is 0 Å². The van der Waals surface area contributed by atoms with Gasteiger partial charge in [-0.2, -0.15) is 22.7 Å². The fourth-order valence-electron chi connectivity index (χ4n) is 5.77. The quantitative estimate of drug-likeness (QED) is 0.00960. The number of Topliss-reactive ketones (excluding diaryl/α,β-unsaturated/α-hetero) is 1. The van der Waals surface area contributed by atoms with Crippen LogP contribution in [0.15, 0.2) is 110 Å². The number of thiophene rings is 5. The molecule has 91 heavy (non-hydrogen) atoms. The van der Waals surface area contributed by atoms with Crippen LogP contribution in [0.4, 0.5) is 0 Å². The molecule has 0 saturated heterocycles. The molecule has 3 aromatic carbocycles. The number of ketones is 1. The van der Waals surface area contributed by atoms with Gasteiger partial charge < -0.3 is 74.1 Å². The summed E-state index contributed by atoms with van der Waals surface area (Å²) in [7, 11) is 5.49. The van der Waals surface area contributed by atoms with Gasteiger partial charge in [0.2, 0.25) is 0 Å². The van der Waals surface area contributed by atoms with Gasteiger partial charge in [-0.3, -0.25) is 33.7 Å². The summed E-state index contributed by atoms with van der Waals surface area (Å²) in [4.78, 5) is 101. The maximum absolute atomic E-state index is 11.5. The molecule has 5 aromatic heterocycles. The first-order valence-electron chi connectivity index (χ1n) is 23.1. The van der Waals surface area contributed by atoms with E-state index in [9.17, 15) is 48.3 Å². The van der Waals surface area contributed by atoms with Gasteiger partial charge in [0.1, 0.15) is 17.2 Å². The molecule has 8 rings (SSSR count). The number of phenolic OH excluding ortho intramolecular Hbond substituents is 1. The Morgan fingerprint density at radius 2 is 1.01 bits per heavy atom. The molecule has 0 saturated carbocycles. The summed E-state index contributed by atoms with van der Waals surface area (Å²) in [6, 6.07) is 18.9. The van der Waals surface area contributed by atoms with Crippen molar-refractivity contribution < 1.29 is 124 Å². The maximum atomic E-state index is 11.5. The molecule has 0 fully saturated rings. The number of alkyl halides is 6. The monoisotopic (exact) mass is 2210 g/mol. The number of ether oxygens (including phenoxy) is 5. The number of fused-ring (bicyclic) bond motifs is 3. The van der Waals surface area contributed by atoms with Crippen molar-refractivity contribution in [3.63, 3.8) is 0 Å². The second-order valence-electron chi connectivity index (χ2n) is 14.9. The standard InChI is InChI=1S/C12H10O4S.C11H10O2S.C9H8O4S.C9H6O3S.C6H10O4.C5H4OS.CHI3.CH2I2.CH3I.CH2I.2CH4.CH3.2V/c1-7(13)16-10-6-9(12(14)15-2)5-8-3-4-17-11(8)10;1-7(12)9-5-8-3-4-14-11(8)10(6-9)13-2;10-8(11)4-7(9(12)13)3-6-1-2-14-5-6;10-7-4-6(9(11)12)3-5-1-2-13-8(5)7;1-9-5(7)3-4-6(8)10-2;6-3-5-1-2-7-4-5;2-1(3)4;2-1-3;2*1-2;;;;;/h3-6H,1-2H3;3-6H,1-2H3;1-3,5H,4H2,(H,10,11)(H,12,13);1-4,10H,(H,11,12);3-4H2,1-2H3;1-4H;1H;1H2;1H3;1H2;2*1H4;1H3;;/q;;;;;;;;;-1;;;-1;;/b;;7-3-;;;;;;;;;;;;. The Morgan fingerprint density at radius 3 is 1.36 bits per heavy atom. The molecule has 0 aliphatic rings. The number of aromatic carboxylic acids is 1. The number of aromatic hydroxyl groups is 1. The van der Waals surface area contributed by atoms with Crippen LogP contribution in [0, 0.1) is 12.4 Å². The fraction of sp³-hybridized carbons (Fsp3) is 0.237. The molecule has 18 nitrogen and oxygen atoms in total. The molecule has 4 N–H and O–H groups in total. The fourth-order valence-corrected chi connectivity index (χ4v) is 9.49. The van der Waals surface area contributed by atoms with E-state index >= 15 is 0 Å². The number of phenols is 1. The van der Waals surface area contributed by atoms with E-state index in [1.54, 1.807) is 72.5 Å². The number of halogens is 7. The average Bonchev–Trinajstić information content (AvgIpc) is 1.99. The van der Waals surface area contributed by atoms with Crippen molar-refractivity contribution in [2.24, 2.45) is 0 Å². The normalized spacial score (nSPS) is 9.08. The molecule has 0 aliphatic carbocycles. The van der Waals surface area contributed by atoms with Crippen LogP contribution >= 0.6 is 215 Å². The summed E-state index contributed by atoms with van der Waals surface area (Å²) in [6.45, 7) is 2.89. The number of methoxy groups -OCH3 is 4. The van der Waals surface area contributed by atoms with Crippen LogP contribution in [0.3, 0.4) is 0 Å². The molecular weight excluding hydrogens is 2150 g/mol. The van der Waals surface area contributed by atoms with E-state index in [1.165, 1.54) is 94.2 Å². The number of carbonyl (C=O) groups excluding carboxylic acids is 6. The summed E-state index contributed by atoms with van der Waals surface area (Å²) < 4.78 is 28.2. The third-order valence-corrected chi connectivity index (χ3v) is 13.5. The van der Waals surface area contributed by atoms with Crippen LogP contribution in [-0.4, -0.2) is 110 Å². The van der Waals surface area contributed by atoms with Gasteiger partial charge >= 0.3 is 41.8 Å². The zero-order valence-corrected chi connectivity index (χ0v) is 70.2. The summed E-state index contributed by atoms with van der Waals surface area (Å²) in [5.74, 6) is -3.76. The Morgan fingerprint density at radius 1 is 0.604 bits per heavy atom. The van der Waals surface area contributed by atoms with Gasteiger partial charge in [-0.15, -0.1) is 34.0 Å². The van der Waals surface area contributed by atoms with E-state index < -0.39 is 48.2 Å². The second kappa shape index (κ2) is 61.8. The van der Waals surface area contributed by atoms with E-state index in [1.807, 2.05) is 72.6 Å². The summed E-state index contributed by atoms with van der Waals surface area (Å²) in [5, 5.41) is 50.9. The van der Waals surface area contributed by atoms with Crippen LogP contribution in [0.25, 0.3) is 36.3 Å². The maximum Gasteiger partial charge on any atom is 0.338 e. The number of carbonyl (C=O) groups is 9. The van der Waals surface area contributed by atoms with Crippen molar-refractivity contribution >= 4 is 305 Å². The van der Waals surface area contributed by atoms with Crippen molar-refractivity contribution in [2.75, 3.05) is 35.8 Å². The molecule has 0 bridgehead atoms. The van der Waals surface area contributed by atoms with Crippen molar-refractivity contribution in [3.8, 4) is 17.2 Å². The molecule has 0 aliphatic heterocycles. The van der Waals surface area contributed by atoms with Crippen LogP contribution in [0.2, 0.25) is 0 Å². The molecule has 5 heterocycles. The number of esters is 4. The van der Waals surface area contributed by atoms with Gasteiger partial charge in [-0.1, -0.05) is 150 Å². The summed E-state index contributed by atoms with van der Waals surface area (Å²) in [6.07, 6.45) is 1.92. The van der Waals surface area contributed by atoms with Gasteiger partial charge in [0.05, 0.1) is 75.4 Å². The van der Waals surface area contributed by atoms with E-state index in [2.05, 4.69) is 155 Å². The zero-order chi connectivity index (χ0) is 65.9. The SMILES string of the molecule is C.C.CI.COC(=O)CCC(=O)OC.COC(=O)c1cc(OC(C)=O)c2sccc2c1.COc1cc(C(C)=O)cc2ccsc12.IC(I)I.ICI.O=C(O)C/C(=C/c1ccsc1)C(=O)O.O=C(O)c1cc(O)c2sccc2c1.O=Cc1ccsc1.[CH2-]I.[CH3-].[V].[V]. The number of benzene rings is 3. The minimum absolute atomic E-state index is 0. The van der Waals surface area contributed by atoms with Crippen molar-refractivity contribution in [2.45, 2.75) is 47.9 Å². The molecule has 32 heteroatoms. The Balaban J connectivity index is -0.000000180. The minimum atomic E-state index is -1.20. The van der Waals surface area contributed by atoms with Gasteiger partial charge in [-0.25, -0.2) is 14.4 Å². The topological polar surface area (TPSA) is 281 Å². The molecule has 0 spiro atoms. The van der Waals surface area contributed by atoms with Crippen LogP contribution in [-0.2, 0) is 75.3 Å². The van der Waals surface area contributed by atoms with E-state index in [4.69, 9.17) is 24.8 Å². The molecule has 8 aromatic rings. The van der Waals surface area contributed by atoms with Gasteiger partial charge in [-0.05, 0) is 139 Å². The number of rotatable bonds is 13. The molecular formula is C59H67I7O18S5V2-2. The molecule has 0 amide bonds. The van der Waals surface area contributed by atoms with Gasteiger partial charge in [0.15, 0.2) is 12.1 Å². The molecule has 0 unspecified atom stereocenters. The number of aldehydes is 1. The van der Waals surface area contributed by atoms with Crippen molar-refractivity contribution in [1.29, 1.82) is 0 Å². The third kappa shape index (κ3) is 44.6. The number of carboxylic acid groups (broad SMARTS) is 3. The third-order valence-electron chi connectivity index (χ3n) is 9.28. The Hall–Kier alpha value is -1.81. The van der Waals surface area contributed by atoms with Crippen LogP contribution in [0.5, 0.6) is 17.2 Å². The van der Waals surface area contributed by atoms with E-state index in [0.29, 0.717) is 22.4 Å². The van der Waals surface area contributed by atoms with Crippen molar-refractivity contribution in [3.05, 3.63) is 150 Å². The van der Waals surface area contributed by atoms with Crippen molar-refractivity contribution in [1.82, 2.24) is 0 Å². The van der Waals surface area contributed by atoms with E-state index in [-0.39, 0.29) is 94.9 Å². The summed E-state index contributed by atoms with van der Waals surface area (Å²) in [5.41, 5.74) is 2.56. The zero-order valence-electron chi connectivity index (χ0n) is 48.2. The van der Waals surface area contributed by atoms with Gasteiger partial charge in [0, 0.05) is 66.1 Å². The Labute approximate surface area is 670 Å². The molecule has 2 radical (unpaired) electrons. The molecule has 0 atom stereocenters. The first kappa shape index (κ1) is 103. The number of hydrogen-bond acceptors (Lipinski definition) is 20. The average molecular weight is 2210 g/mol. The summed E-state index contributed by atoms with van der Waals surface area (Å²) >= 11 is 23.0. The predicted molar refractivity (Wildman–Crippen MR) is 426 cm³/mol. The number of carboxylic acids is 3. The smallest absolute Gasteiger partial charge is 0.338 e. The van der Waals surface area contributed by atoms with E-state index in [0.717, 1.165) is 47.8 Å². The Kier molecular flexibility index (Phi) is 69.7. The number of hydrogen-bond donors (Lipinski definition) is 4. The largest absolute Gasteiger partial charge is 0.506 e. The first-order chi connectivity index (χ1) is 40.9. The van der Waals surface area contributed by atoms with Crippen LogP contribution < -0.4 is 9.47 Å². The molecule has 502 valence electrons. The van der Waals surface area contributed by atoms with Crippen LogP contribution in [0.1, 0.15) is 95.0 Å². The second-order valence-corrected chi connectivity index (χ2v) is 34.5. The number of aliphatic carboxylic acids is 2. The predicted octanol–water partition coefficient (Wildman–Crippen LogP) is 19.8. The Bertz CT molecular complexity index is 3360. The first-order valence-corrected chi connectivity index (χ1v) is 38.1. The minimum Gasteiger partial charge on any atom is -0.506 e.